The highest BCUT2D eigenvalue weighted by atomic mass is 16.5. The number of anilines is 2. The number of carbonyl (C=O) groups excluding carboxylic acids is 1. The average molecular weight is 354 g/mol. The first-order valence-electron chi connectivity index (χ1n) is 9.01. The highest BCUT2D eigenvalue weighted by molar-refractivity contribution is 5.76. The fraction of sp³-hybridized carbons (Fsp3) is 0.400. The molecule has 0 amide bonds. The van der Waals surface area contributed by atoms with Gasteiger partial charge in [0.15, 0.2) is 11.6 Å². The molecule has 1 aliphatic heterocycles. The van der Waals surface area contributed by atoms with Crippen LogP contribution in [0.25, 0.3) is 0 Å². The van der Waals surface area contributed by atoms with Crippen LogP contribution >= 0.6 is 0 Å². The molecule has 0 aliphatic carbocycles. The van der Waals surface area contributed by atoms with Crippen molar-refractivity contribution in [3.05, 3.63) is 48.2 Å². The predicted octanol–water partition coefficient (Wildman–Crippen LogP) is 2.55. The number of nitrogen functional groups attached to an aromatic ring is 1. The lowest BCUT2D eigenvalue weighted by atomic mass is 10.1. The van der Waals surface area contributed by atoms with Crippen molar-refractivity contribution in [1.82, 2.24) is 9.88 Å². The monoisotopic (exact) mass is 354 g/mol. The molecule has 6 heteroatoms. The Morgan fingerprint density at radius 3 is 2.65 bits per heavy atom. The van der Waals surface area contributed by atoms with Crippen LogP contribution in [-0.2, 0) is 11.3 Å². The fourth-order valence-electron chi connectivity index (χ4n) is 2.99. The summed E-state index contributed by atoms with van der Waals surface area (Å²) >= 11 is 0. The van der Waals surface area contributed by atoms with Crippen LogP contribution in [-0.4, -0.2) is 42.0 Å². The summed E-state index contributed by atoms with van der Waals surface area (Å²) in [5, 5.41) is 0. The molecule has 2 aromatic rings. The minimum atomic E-state index is -0.237. The summed E-state index contributed by atoms with van der Waals surface area (Å²) in [4.78, 5) is 21.0. The second-order valence-corrected chi connectivity index (χ2v) is 6.91. The second-order valence-electron chi connectivity index (χ2n) is 6.91. The number of rotatable bonds is 5. The summed E-state index contributed by atoms with van der Waals surface area (Å²) in [6.45, 7) is 8.06. The number of ether oxygens (including phenoxy) is 1. The summed E-state index contributed by atoms with van der Waals surface area (Å²) in [7, 11) is 0. The van der Waals surface area contributed by atoms with Crippen molar-refractivity contribution in [2.45, 2.75) is 20.4 Å². The number of carbonyl (C=O) groups is 1. The molecule has 26 heavy (non-hydrogen) atoms. The average Bonchev–Trinajstić information content (AvgIpc) is 2.63. The first-order chi connectivity index (χ1) is 12.5. The Morgan fingerprint density at radius 1 is 1.19 bits per heavy atom. The molecule has 0 radical (unpaired) electrons. The highest BCUT2D eigenvalue weighted by Crippen LogP contribution is 2.27. The molecule has 6 nitrogen and oxygen atoms in total. The molecule has 0 atom stereocenters. The third kappa shape index (κ3) is 4.52. The first kappa shape index (κ1) is 18.2. The van der Waals surface area contributed by atoms with Crippen LogP contribution in [0.3, 0.4) is 0 Å². The second kappa shape index (κ2) is 8.19. The Bertz CT molecular complexity index is 755. The van der Waals surface area contributed by atoms with Crippen molar-refractivity contribution in [3.63, 3.8) is 0 Å². The third-order valence-corrected chi connectivity index (χ3v) is 4.46. The Labute approximate surface area is 154 Å². The van der Waals surface area contributed by atoms with E-state index in [-0.39, 0.29) is 11.9 Å². The summed E-state index contributed by atoms with van der Waals surface area (Å²) in [5.41, 5.74) is 7.89. The molecule has 2 heterocycles. The van der Waals surface area contributed by atoms with Crippen LogP contribution in [0.5, 0.6) is 5.75 Å². The van der Waals surface area contributed by atoms with Crippen LogP contribution in [0, 0.1) is 5.92 Å². The summed E-state index contributed by atoms with van der Waals surface area (Å²) in [5.74, 6) is 0.873. The zero-order valence-electron chi connectivity index (χ0n) is 15.4. The van der Waals surface area contributed by atoms with Crippen LogP contribution in [0.1, 0.15) is 19.4 Å². The largest absolute Gasteiger partial charge is 0.422 e. The van der Waals surface area contributed by atoms with Gasteiger partial charge in [0.2, 0.25) is 0 Å². The van der Waals surface area contributed by atoms with E-state index >= 15 is 0 Å². The third-order valence-electron chi connectivity index (χ3n) is 4.46. The molecule has 1 fully saturated rings. The van der Waals surface area contributed by atoms with Crippen molar-refractivity contribution < 1.29 is 9.53 Å². The molecule has 1 aliphatic rings. The highest BCUT2D eigenvalue weighted by Gasteiger charge is 2.22. The number of aromatic nitrogens is 1. The lowest BCUT2D eigenvalue weighted by molar-refractivity contribution is -0.137. The topological polar surface area (TPSA) is 71.7 Å². The van der Waals surface area contributed by atoms with Crippen molar-refractivity contribution >= 4 is 17.5 Å². The fourth-order valence-corrected chi connectivity index (χ4v) is 2.99. The van der Waals surface area contributed by atoms with Crippen LogP contribution in [0.4, 0.5) is 11.5 Å². The van der Waals surface area contributed by atoms with E-state index in [0.29, 0.717) is 5.75 Å². The van der Waals surface area contributed by atoms with E-state index < -0.39 is 0 Å². The van der Waals surface area contributed by atoms with Gasteiger partial charge in [-0.2, -0.15) is 0 Å². The van der Waals surface area contributed by atoms with Crippen molar-refractivity contribution in [3.8, 4) is 5.75 Å². The van der Waals surface area contributed by atoms with Gasteiger partial charge in [0.05, 0.1) is 5.92 Å². The minimum Gasteiger partial charge on any atom is -0.422 e. The van der Waals surface area contributed by atoms with Crippen molar-refractivity contribution in [2.75, 3.05) is 36.8 Å². The van der Waals surface area contributed by atoms with Crippen molar-refractivity contribution in [1.29, 1.82) is 0 Å². The number of benzene rings is 1. The number of nitrogens with zero attached hydrogens (tertiary/aromatic N) is 3. The number of hydrogen-bond acceptors (Lipinski definition) is 6. The van der Waals surface area contributed by atoms with E-state index in [4.69, 9.17) is 10.5 Å². The number of esters is 1. The quantitative estimate of drug-likeness (QED) is 0.657. The van der Waals surface area contributed by atoms with Crippen LogP contribution < -0.4 is 15.4 Å². The molecule has 2 N–H and O–H groups in total. The van der Waals surface area contributed by atoms with Crippen LogP contribution in [0.15, 0.2) is 42.6 Å². The van der Waals surface area contributed by atoms with E-state index in [2.05, 4.69) is 20.9 Å². The molecular formula is C20H26N4O2. The molecule has 1 aromatic heterocycles. The lowest BCUT2D eigenvalue weighted by Gasteiger charge is -2.35. The standard InChI is InChI=1S/C20H26N4O2/c1-15(2)20(25)26-18-7-4-8-22-19(18)24-11-9-23(10-12-24)14-16-5-3-6-17(21)13-16/h3-8,13,15H,9-12,14,21H2,1-2H3. The van der Waals surface area contributed by atoms with Gasteiger partial charge < -0.3 is 15.4 Å². The molecule has 138 valence electrons. The van der Waals surface area contributed by atoms with Gasteiger partial charge in [-0.15, -0.1) is 0 Å². The molecule has 3 rings (SSSR count). The molecule has 0 spiro atoms. The van der Waals surface area contributed by atoms with E-state index in [9.17, 15) is 4.79 Å². The Kier molecular flexibility index (Phi) is 5.73. The Hall–Kier alpha value is -2.60. The maximum atomic E-state index is 11.9. The normalized spacial score (nSPS) is 15.3. The summed E-state index contributed by atoms with van der Waals surface area (Å²) < 4.78 is 5.53. The van der Waals surface area contributed by atoms with Gasteiger partial charge in [0, 0.05) is 44.6 Å². The predicted molar refractivity (Wildman–Crippen MR) is 103 cm³/mol. The van der Waals surface area contributed by atoms with Gasteiger partial charge in [0.25, 0.3) is 0 Å². The summed E-state index contributed by atoms with van der Waals surface area (Å²) in [6.07, 6.45) is 1.74. The maximum absolute atomic E-state index is 11.9. The number of hydrogen-bond donors (Lipinski definition) is 1. The van der Waals surface area contributed by atoms with Crippen molar-refractivity contribution in [2.24, 2.45) is 5.92 Å². The van der Waals surface area contributed by atoms with E-state index in [1.807, 2.05) is 38.1 Å². The molecular weight excluding hydrogens is 328 g/mol. The van der Waals surface area contributed by atoms with Gasteiger partial charge >= 0.3 is 5.97 Å². The van der Waals surface area contributed by atoms with Crippen LogP contribution in [0.2, 0.25) is 0 Å². The number of piperazine rings is 1. The lowest BCUT2D eigenvalue weighted by Crippen LogP contribution is -2.46. The minimum absolute atomic E-state index is 0.168. The van der Waals surface area contributed by atoms with Gasteiger partial charge in [-0.1, -0.05) is 26.0 Å². The van der Waals surface area contributed by atoms with Gasteiger partial charge in [-0.25, -0.2) is 4.98 Å². The SMILES string of the molecule is CC(C)C(=O)Oc1cccnc1N1CCN(Cc2cccc(N)c2)CC1. The Morgan fingerprint density at radius 2 is 1.96 bits per heavy atom. The number of nitrogens with two attached hydrogens (primary N) is 1. The van der Waals surface area contributed by atoms with E-state index in [0.717, 1.165) is 44.2 Å². The number of pyridine rings is 1. The smallest absolute Gasteiger partial charge is 0.313 e. The summed E-state index contributed by atoms with van der Waals surface area (Å²) in [6, 6.07) is 11.6. The molecule has 0 unspecified atom stereocenters. The van der Waals surface area contributed by atoms with Gasteiger partial charge in [0.1, 0.15) is 0 Å². The molecule has 1 aromatic carbocycles. The molecule has 0 saturated carbocycles. The van der Waals surface area contributed by atoms with E-state index in [1.165, 1.54) is 5.56 Å². The van der Waals surface area contributed by atoms with Gasteiger partial charge in [-0.3, -0.25) is 9.69 Å². The maximum Gasteiger partial charge on any atom is 0.313 e. The molecule has 0 bridgehead atoms. The van der Waals surface area contributed by atoms with E-state index in [1.54, 1.807) is 12.3 Å². The van der Waals surface area contributed by atoms with Gasteiger partial charge in [-0.05, 0) is 29.8 Å². The zero-order valence-corrected chi connectivity index (χ0v) is 15.4. The Balaban J connectivity index is 1.62. The zero-order chi connectivity index (χ0) is 18.5. The first-order valence-corrected chi connectivity index (χ1v) is 9.01. The molecule has 1 saturated heterocycles.